The van der Waals surface area contributed by atoms with E-state index in [-0.39, 0.29) is 17.4 Å². The zero-order valence-electron chi connectivity index (χ0n) is 12.5. The SMILES string of the molecule is CN(Cc1cnc(N)nc1)C(=O)c1cc(=O)[nH]c2ccccc12. The number of pyridine rings is 1. The van der Waals surface area contributed by atoms with E-state index < -0.39 is 0 Å². The molecule has 0 aliphatic carbocycles. The third kappa shape index (κ3) is 3.03. The highest BCUT2D eigenvalue weighted by Gasteiger charge is 2.16. The molecule has 2 heterocycles. The van der Waals surface area contributed by atoms with Gasteiger partial charge in [0.15, 0.2) is 0 Å². The number of rotatable bonds is 3. The van der Waals surface area contributed by atoms with Crippen LogP contribution in [-0.2, 0) is 6.54 Å². The molecule has 1 aromatic carbocycles. The summed E-state index contributed by atoms with van der Waals surface area (Å²) in [5.41, 5.74) is 6.89. The highest BCUT2D eigenvalue weighted by Crippen LogP contribution is 2.17. The molecule has 116 valence electrons. The topological polar surface area (TPSA) is 105 Å². The van der Waals surface area contributed by atoms with E-state index in [1.807, 2.05) is 12.1 Å². The van der Waals surface area contributed by atoms with E-state index in [9.17, 15) is 9.59 Å². The molecule has 7 nitrogen and oxygen atoms in total. The number of para-hydroxylation sites is 1. The number of nitrogens with zero attached hydrogens (tertiary/aromatic N) is 3. The van der Waals surface area contributed by atoms with Crippen LogP contribution in [0.1, 0.15) is 15.9 Å². The summed E-state index contributed by atoms with van der Waals surface area (Å²) in [6.07, 6.45) is 3.14. The molecular weight excluding hydrogens is 294 g/mol. The van der Waals surface area contributed by atoms with Crippen molar-refractivity contribution in [1.82, 2.24) is 19.9 Å². The Morgan fingerprint density at radius 1 is 1.26 bits per heavy atom. The molecule has 23 heavy (non-hydrogen) atoms. The van der Waals surface area contributed by atoms with Crippen molar-refractivity contribution in [2.45, 2.75) is 6.54 Å². The number of amides is 1. The summed E-state index contributed by atoms with van der Waals surface area (Å²) >= 11 is 0. The molecule has 3 rings (SSSR count). The van der Waals surface area contributed by atoms with E-state index in [0.29, 0.717) is 23.0 Å². The van der Waals surface area contributed by atoms with Crippen molar-refractivity contribution >= 4 is 22.8 Å². The predicted octanol–water partition coefficient (Wildman–Crippen LogP) is 1.17. The monoisotopic (exact) mass is 309 g/mol. The molecule has 0 saturated heterocycles. The normalized spacial score (nSPS) is 10.7. The predicted molar refractivity (Wildman–Crippen MR) is 86.8 cm³/mol. The van der Waals surface area contributed by atoms with Gasteiger partial charge in [0, 0.05) is 48.5 Å². The van der Waals surface area contributed by atoms with E-state index in [2.05, 4.69) is 15.0 Å². The smallest absolute Gasteiger partial charge is 0.254 e. The first kappa shape index (κ1) is 14.7. The highest BCUT2D eigenvalue weighted by molar-refractivity contribution is 6.05. The number of carbonyl (C=O) groups is 1. The summed E-state index contributed by atoms with van der Waals surface area (Å²) < 4.78 is 0. The molecule has 3 aromatic rings. The fourth-order valence-electron chi connectivity index (χ4n) is 2.38. The third-order valence-electron chi connectivity index (χ3n) is 3.47. The van der Waals surface area contributed by atoms with E-state index in [0.717, 1.165) is 5.56 Å². The summed E-state index contributed by atoms with van der Waals surface area (Å²) in [7, 11) is 1.66. The first-order chi connectivity index (χ1) is 11.0. The van der Waals surface area contributed by atoms with Crippen LogP contribution in [0.15, 0.2) is 47.5 Å². The van der Waals surface area contributed by atoms with E-state index in [1.54, 1.807) is 31.6 Å². The number of anilines is 1. The molecule has 0 aliphatic rings. The molecule has 0 unspecified atom stereocenters. The maximum atomic E-state index is 12.7. The van der Waals surface area contributed by atoms with Crippen molar-refractivity contribution in [3.05, 3.63) is 64.2 Å². The van der Waals surface area contributed by atoms with Gasteiger partial charge in [0.2, 0.25) is 11.5 Å². The first-order valence-electron chi connectivity index (χ1n) is 6.98. The summed E-state index contributed by atoms with van der Waals surface area (Å²) in [6.45, 7) is 0.320. The van der Waals surface area contributed by atoms with E-state index in [4.69, 9.17) is 5.73 Å². The average Bonchev–Trinajstić information content (AvgIpc) is 2.55. The Bertz CT molecular complexity index is 918. The van der Waals surface area contributed by atoms with Crippen LogP contribution in [0.25, 0.3) is 10.9 Å². The number of nitrogens with one attached hydrogen (secondary N) is 1. The van der Waals surface area contributed by atoms with Crippen molar-refractivity contribution in [2.24, 2.45) is 0 Å². The Morgan fingerprint density at radius 2 is 1.96 bits per heavy atom. The van der Waals surface area contributed by atoms with Crippen LogP contribution in [0.3, 0.4) is 0 Å². The molecule has 0 atom stereocenters. The number of aromatic amines is 1. The number of fused-ring (bicyclic) bond motifs is 1. The molecule has 7 heteroatoms. The molecule has 1 amide bonds. The lowest BCUT2D eigenvalue weighted by Gasteiger charge is -2.18. The second-order valence-corrected chi connectivity index (χ2v) is 5.20. The quantitative estimate of drug-likeness (QED) is 0.755. The van der Waals surface area contributed by atoms with Gasteiger partial charge in [-0.05, 0) is 6.07 Å². The number of nitrogen functional groups attached to an aromatic ring is 1. The molecule has 0 spiro atoms. The van der Waals surface area contributed by atoms with Gasteiger partial charge in [-0.25, -0.2) is 9.97 Å². The van der Waals surface area contributed by atoms with Crippen molar-refractivity contribution < 1.29 is 4.79 Å². The van der Waals surface area contributed by atoms with Crippen LogP contribution >= 0.6 is 0 Å². The highest BCUT2D eigenvalue weighted by atomic mass is 16.2. The second-order valence-electron chi connectivity index (χ2n) is 5.20. The van der Waals surface area contributed by atoms with Crippen LogP contribution in [0.2, 0.25) is 0 Å². The molecule has 2 aromatic heterocycles. The standard InChI is InChI=1S/C16H15N5O2/c1-21(9-10-7-18-16(17)19-8-10)15(23)12-6-14(22)20-13-5-3-2-4-11(12)13/h2-8H,9H2,1H3,(H,20,22)(H2,17,18,19). The Labute approximate surface area is 131 Å². The summed E-state index contributed by atoms with van der Waals surface area (Å²) in [4.78, 5) is 36.5. The Hall–Kier alpha value is -3.22. The second kappa shape index (κ2) is 5.88. The molecule has 0 bridgehead atoms. The lowest BCUT2D eigenvalue weighted by molar-refractivity contribution is 0.0786. The van der Waals surface area contributed by atoms with Gasteiger partial charge >= 0.3 is 0 Å². The van der Waals surface area contributed by atoms with Gasteiger partial charge in [-0.15, -0.1) is 0 Å². The summed E-state index contributed by atoms with van der Waals surface area (Å²) in [5, 5.41) is 0.706. The van der Waals surface area contributed by atoms with Gasteiger partial charge in [0.25, 0.3) is 5.91 Å². The number of hydrogen-bond acceptors (Lipinski definition) is 5. The zero-order valence-corrected chi connectivity index (χ0v) is 12.5. The minimum absolute atomic E-state index is 0.184. The van der Waals surface area contributed by atoms with Crippen LogP contribution in [0, 0.1) is 0 Å². The number of carbonyl (C=O) groups excluding carboxylic acids is 1. The van der Waals surface area contributed by atoms with Gasteiger partial charge in [-0.2, -0.15) is 0 Å². The fourth-order valence-corrected chi connectivity index (χ4v) is 2.38. The molecule has 0 radical (unpaired) electrons. The zero-order chi connectivity index (χ0) is 16.4. The molecule has 0 saturated carbocycles. The molecular formula is C16H15N5O2. The number of nitrogens with two attached hydrogens (primary N) is 1. The van der Waals surface area contributed by atoms with Crippen molar-refractivity contribution in [3.8, 4) is 0 Å². The molecule has 3 N–H and O–H groups in total. The van der Waals surface area contributed by atoms with Gasteiger partial charge < -0.3 is 15.6 Å². The largest absolute Gasteiger partial charge is 0.368 e. The van der Waals surface area contributed by atoms with Crippen molar-refractivity contribution in [2.75, 3.05) is 12.8 Å². The number of H-pyrrole nitrogens is 1. The van der Waals surface area contributed by atoms with Gasteiger partial charge in [0.1, 0.15) is 0 Å². The first-order valence-corrected chi connectivity index (χ1v) is 6.98. The number of benzene rings is 1. The summed E-state index contributed by atoms with van der Waals surface area (Å²) in [6, 6.07) is 8.52. The lowest BCUT2D eigenvalue weighted by atomic mass is 10.1. The Morgan fingerprint density at radius 3 is 2.70 bits per heavy atom. The van der Waals surface area contributed by atoms with Crippen LogP contribution in [-0.4, -0.2) is 32.8 Å². The van der Waals surface area contributed by atoms with Crippen LogP contribution in [0.5, 0.6) is 0 Å². The molecule has 0 fully saturated rings. The number of hydrogen-bond donors (Lipinski definition) is 2. The van der Waals surface area contributed by atoms with Gasteiger partial charge in [-0.1, -0.05) is 18.2 Å². The minimum atomic E-state index is -0.309. The minimum Gasteiger partial charge on any atom is -0.368 e. The Kier molecular flexibility index (Phi) is 3.76. The fraction of sp³-hybridized carbons (Fsp3) is 0.125. The number of aromatic nitrogens is 3. The van der Waals surface area contributed by atoms with E-state index in [1.165, 1.54) is 11.0 Å². The lowest BCUT2D eigenvalue weighted by Crippen LogP contribution is -2.27. The maximum absolute atomic E-state index is 12.7. The van der Waals surface area contributed by atoms with Crippen LogP contribution < -0.4 is 11.3 Å². The van der Waals surface area contributed by atoms with Gasteiger partial charge in [-0.3, -0.25) is 9.59 Å². The summed E-state index contributed by atoms with van der Waals surface area (Å²) in [5.74, 6) is -0.0626. The Balaban J connectivity index is 1.93. The van der Waals surface area contributed by atoms with Gasteiger partial charge in [0.05, 0.1) is 5.56 Å². The van der Waals surface area contributed by atoms with Crippen LogP contribution in [0.4, 0.5) is 5.95 Å². The third-order valence-corrected chi connectivity index (χ3v) is 3.47. The maximum Gasteiger partial charge on any atom is 0.254 e. The average molecular weight is 309 g/mol. The van der Waals surface area contributed by atoms with Crippen molar-refractivity contribution in [1.29, 1.82) is 0 Å². The van der Waals surface area contributed by atoms with E-state index >= 15 is 0 Å². The molecule has 0 aliphatic heterocycles. The van der Waals surface area contributed by atoms with Crippen molar-refractivity contribution in [3.63, 3.8) is 0 Å².